The highest BCUT2D eigenvalue weighted by molar-refractivity contribution is 7.71. The summed E-state index contributed by atoms with van der Waals surface area (Å²) in [6.07, 6.45) is -5.59. The van der Waals surface area contributed by atoms with E-state index in [1.165, 1.54) is 13.0 Å². The molecule has 1 heterocycles. The van der Waals surface area contributed by atoms with E-state index in [2.05, 4.69) is 4.98 Å². The molecule has 0 saturated carbocycles. The molecule has 0 amide bonds. The number of benzene rings is 1. The molecule has 0 bridgehead atoms. The van der Waals surface area contributed by atoms with Crippen LogP contribution in [0.4, 0.5) is 22.0 Å². The van der Waals surface area contributed by atoms with E-state index in [0.717, 1.165) is 10.6 Å². The number of fused-ring (bicyclic) bond motifs is 1. The lowest BCUT2D eigenvalue weighted by molar-refractivity contribution is -0.141. The number of halogens is 5. The van der Waals surface area contributed by atoms with Gasteiger partial charge >= 0.3 is 6.18 Å². The number of nitrogens with zero attached hydrogens (tertiary/aromatic N) is 1. The molecule has 104 valence electrons. The molecule has 2 aromatic rings. The van der Waals surface area contributed by atoms with Gasteiger partial charge in [-0.15, -0.1) is 0 Å². The van der Waals surface area contributed by atoms with Gasteiger partial charge in [-0.1, -0.05) is 0 Å². The second-order valence-corrected chi connectivity index (χ2v) is 4.61. The molecule has 1 unspecified atom stereocenters. The van der Waals surface area contributed by atoms with Gasteiger partial charge in [-0.3, -0.25) is 0 Å². The van der Waals surface area contributed by atoms with Crippen LogP contribution in [0.25, 0.3) is 11.0 Å². The fraction of sp³-hybridized carbons (Fsp3) is 0.364. The van der Waals surface area contributed by atoms with Gasteiger partial charge in [0.1, 0.15) is 5.52 Å². The molecule has 2 rings (SSSR count). The number of hydrogen-bond donors (Lipinski definition) is 1. The average Bonchev–Trinajstić information content (AvgIpc) is 2.58. The van der Waals surface area contributed by atoms with Crippen molar-refractivity contribution in [2.24, 2.45) is 0 Å². The van der Waals surface area contributed by atoms with E-state index in [0.29, 0.717) is 0 Å². The third kappa shape index (κ3) is 2.63. The Labute approximate surface area is 109 Å². The van der Waals surface area contributed by atoms with Gasteiger partial charge in [0.25, 0.3) is 0 Å². The minimum atomic E-state index is -4.42. The normalized spacial score (nSPS) is 14.0. The fourth-order valence-corrected chi connectivity index (χ4v) is 2.38. The van der Waals surface area contributed by atoms with Crippen molar-refractivity contribution < 1.29 is 22.0 Å². The zero-order chi connectivity index (χ0) is 14.4. The SMILES string of the molecule is CC(CC(F)(F)F)n1c(=S)[nH]c2ccc(F)c(F)c21. The van der Waals surface area contributed by atoms with Crippen molar-refractivity contribution in [2.45, 2.75) is 25.6 Å². The Morgan fingerprint density at radius 1 is 1.32 bits per heavy atom. The van der Waals surface area contributed by atoms with Crippen LogP contribution in [0.5, 0.6) is 0 Å². The van der Waals surface area contributed by atoms with Gasteiger partial charge < -0.3 is 9.55 Å². The first-order valence-electron chi connectivity index (χ1n) is 5.35. The summed E-state index contributed by atoms with van der Waals surface area (Å²) in [4.78, 5) is 2.57. The van der Waals surface area contributed by atoms with Crippen LogP contribution < -0.4 is 0 Å². The Morgan fingerprint density at radius 3 is 2.53 bits per heavy atom. The smallest absolute Gasteiger partial charge is 0.330 e. The van der Waals surface area contributed by atoms with Crippen molar-refractivity contribution in [1.82, 2.24) is 9.55 Å². The summed E-state index contributed by atoms with van der Waals surface area (Å²) in [6.45, 7) is 1.25. The van der Waals surface area contributed by atoms with E-state index >= 15 is 0 Å². The Kier molecular flexibility index (Phi) is 3.38. The van der Waals surface area contributed by atoms with E-state index < -0.39 is 30.3 Å². The highest BCUT2D eigenvalue weighted by atomic mass is 32.1. The largest absolute Gasteiger partial charge is 0.391 e. The van der Waals surface area contributed by atoms with Crippen LogP contribution in [0.2, 0.25) is 0 Å². The molecular weight excluding hydrogens is 287 g/mol. The lowest BCUT2D eigenvalue weighted by Crippen LogP contribution is -2.17. The lowest BCUT2D eigenvalue weighted by Gasteiger charge is -2.16. The summed E-state index contributed by atoms with van der Waals surface area (Å²) in [5.41, 5.74) is -0.111. The minimum Gasteiger partial charge on any atom is -0.330 e. The molecule has 1 N–H and O–H groups in total. The van der Waals surface area contributed by atoms with Crippen LogP contribution in [0.1, 0.15) is 19.4 Å². The van der Waals surface area contributed by atoms with Gasteiger partial charge in [-0.2, -0.15) is 13.2 Å². The molecule has 0 aliphatic carbocycles. The number of H-pyrrole nitrogens is 1. The summed E-state index contributed by atoms with van der Waals surface area (Å²) < 4.78 is 64.9. The van der Waals surface area contributed by atoms with Crippen LogP contribution >= 0.6 is 12.2 Å². The summed E-state index contributed by atoms with van der Waals surface area (Å²) in [5, 5.41) is 0. The van der Waals surface area contributed by atoms with Crippen LogP contribution in [0, 0.1) is 16.4 Å². The molecule has 0 aliphatic heterocycles. The van der Waals surface area contributed by atoms with Crippen LogP contribution in [0.3, 0.4) is 0 Å². The molecular formula is C11H9F5N2S. The van der Waals surface area contributed by atoms with Crippen LogP contribution in [-0.4, -0.2) is 15.7 Å². The quantitative estimate of drug-likeness (QED) is 0.639. The Morgan fingerprint density at radius 2 is 1.95 bits per heavy atom. The summed E-state index contributed by atoms with van der Waals surface area (Å²) in [5.74, 6) is -2.34. The first-order valence-corrected chi connectivity index (χ1v) is 5.76. The first kappa shape index (κ1) is 14.0. The molecule has 1 atom stereocenters. The van der Waals surface area contributed by atoms with Crippen LogP contribution in [0.15, 0.2) is 12.1 Å². The van der Waals surface area contributed by atoms with Crippen molar-refractivity contribution in [1.29, 1.82) is 0 Å². The molecule has 1 aromatic carbocycles. The monoisotopic (exact) mass is 296 g/mol. The molecule has 2 nitrogen and oxygen atoms in total. The van der Waals surface area contributed by atoms with E-state index in [1.54, 1.807) is 0 Å². The van der Waals surface area contributed by atoms with Gasteiger partial charge in [0.2, 0.25) is 0 Å². The molecule has 0 fully saturated rings. The van der Waals surface area contributed by atoms with Gasteiger partial charge in [0, 0.05) is 6.04 Å². The number of aromatic amines is 1. The number of alkyl halides is 3. The summed E-state index contributed by atoms with van der Waals surface area (Å²) in [7, 11) is 0. The molecule has 1 aromatic heterocycles. The van der Waals surface area contributed by atoms with E-state index in [4.69, 9.17) is 12.2 Å². The molecule has 0 saturated heterocycles. The van der Waals surface area contributed by atoms with Gasteiger partial charge in [-0.25, -0.2) is 8.78 Å². The highest BCUT2D eigenvalue weighted by Gasteiger charge is 2.32. The maximum atomic E-state index is 13.7. The summed E-state index contributed by atoms with van der Waals surface area (Å²) >= 11 is 4.87. The van der Waals surface area contributed by atoms with E-state index in [1.807, 2.05) is 0 Å². The highest BCUT2D eigenvalue weighted by Crippen LogP contribution is 2.31. The maximum Gasteiger partial charge on any atom is 0.391 e. The number of rotatable bonds is 2. The maximum absolute atomic E-state index is 13.7. The topological polar surface area (TPSA) is 20.7 Å². The average molecular weight is 296 g/mol. The second kappa shape index (κ2) is 4.59. The zero-order valence-electron chi connectivity index (χ0n) is 9.68. The Balaban J connectivity index is 2.63. The van der Waals surface area contributed by atoms with E-state index in [-0.39, 0.29) is 15.8 Å². The predicted octanol–water partition coefficient (Wildman–Crippen LogP) is 4.49. The number of imidazole rings is 1. The molecule has 0 spiro atoms. The minimum absolute atomic E-state index is 0.0729. The third-order valence-electron chi connectivity index (χ3n) is 2.74. The lowest BCUT2D eigenvalue weighted by atomic mass is 10.2. The molecule has 0 radical (unpaired) electrons. The van der Waals surface area contributed by atoms with Crippen molar-refractivity contribution in [3.05, 3.63) is 28.5 Å². The summed E-state index contributed by atoms with van der Waals surface area (Å²) in [6, 6.07) is 1.000. The molecule has 0 aliphatic rings. The van der Waals surface area contributed by atoms with E-state index in [9.17, 15) is 22.0 Å². The Hall–Kier alpha value is -1.44. The third-order valence-corrected chi connectivity index (χ3v) is 3.04. The molecule has 8 heteroatoms. The standard InChI is InChI=1S/C11H9F5N2S/c1-5(4-11(14,15)16)18-9-7(17-10(18)19)3-2-6(12)8(9)13/h2-3,5H,4H2,1H3,(H,17,19). The predicted molar refractivity (Wildman–Crippen MR) is 62.4 cm³/mol. The number of nitrogens with one attached hydrogen (secondary N) is 1. The Bertz CT molecular complexity index is 670. The number of aromatic nitrogens is 2. The zero-order valence-corrected chi connectivity index (χ0v) is 10.5. The first-order chi connectivity index (χ1) is 8.70. The van der Waals surface area contributed by atoms with Gasteiger partial charge in [0.05, 0.1) is 11.9 Å². The van der Waals surface area contributed by atoms with Crippen molar-refractivity contribution >= 4 is 23.3 Å². The van der Waals surface area contributed by atoms with Crippen LogP contribution in [-0.2, 0) is 0 Å². The van der Waals surface area contributed by atoms with Crippen molar-refractivity contribution in [2.75, 3.05) is 0 Å². The van der Waals surface area contributed by atoms with Gasteiger partial charge in [0.15, 0.2) is 16.4 Å². The fourth-order valence-electron chi connectivity index (χ4n) is 2.00. The second-order valence-electron chi connectivity index (χ2n) is 4.23. The van der Waals surface area contributed by atoms with Crippen molar-refractivity contribution in [3.63, 3.8) is 0 Å². The number of hydrogen-bond acceptors (Lipinski definition) is 1. The van der Waals surface area contributed by atoms with Crippen molar-refractivity contribution in [3.8, 4) is 0 Å². The van der Waals surface area contributed by atoms with Gasteiger partial charge in [-0.05, 0) is 31.3 Å². The molecule has 19 heavy (non-hydrogen) atoms.